The molecule has 2 heterocycles. The van der Waals surface area contributed by atoms with Gasteiger partial charge in [-0.3, -0.25) is 9.36 Å². The molecule has 0 aliphatic heterocycles. The molecule has 0 radical (unpaired) electrons. The molecule has 2 aromatic carbocycles. The van der Waals surface area contributed by atoms with Crippen molar-refractivity contribution in [1.82, 2.24) is 18.7 Å². The Morgan fingerprint density at radius 3 is 2.62 bits per heavy atom. The SMILES string of the molecule is Cc1cccc(Cn2cnc3c2c(=O)n(C2CC2)c(=O)n3-c2cccc(F)c2)c1. The molecular formula is C22H19FN4O2. The van der Waals surface area contributed by atoms with E-state index in [0.29, 0.717) is 17.7 Å². The van der Waals surface area contributed by atoms with E-state index in [1.54, 1.807) is 23.0 Å². The lowest BCUT2D eigenvalue weighted by molar-refractivity contribution is 0.620. The third kappa shape index (κ3) is 2.99. The van der Waals surface area contributed by atoms with Gasteiger partial charge in [0.25, 0.3) is 5.56 Å². The minimum absolute atomic E-state index is 0.110. The quantitative estimate of drug-likeness (QED) is 0.538. The van der Waals surface area contributed by atoms with E-state index < -0.39 is 11.5 Å². The Labute approximate surface area is 165 Å². The normalized spacial score (nSPS) is 13.9. The second kappa shape index (κ2) is 6.55. The van der Waals surface area contributed by atoms with Crippen molar-refractivity contribution < 1.29 is 4.39 Å². The lowest BCUT2D eigenvalue weighted by atomic mass is 10.1. The van der Waals surface area contributed by atoms with Crippen molar-refractivity contribution in [3.05, 3.63) is 92.6 Å². The Bertz CT molecular complexity index is 1360. The Morgan fingerprint density at radius 2 is 1.90 bits per heavy atom. The number of rotatable bonds is 4. The van der Waals surface area contributed by atoms with E-state index >= 15 is 0 Å². The zero-order valence-electron chi connectivity index (χ0n) is 15.9. The van der Waals surface area contributed by atoms with Gasteiger partial charge in [-0.05, 0) is 43.5 Å². The molecule has 0 atom stereocenters. The Hall–Kier alpha value is -3.48. The molecule has 4 aromatic rings. The van der Waals surface area contributed by atoms with Crippen molar-refractivity contribution in [2.45, 2.75) is 32.4 Å². The molecule has 1 fully saturated rings. The highest BCUT2D eigenvalue weighted by Gasteiger charge is 2.30. The van der Waals surface area contributed by atoms with Gasteiger partial charge in [0.05, 0.1) is 12.0 Å². The fourth-order valence-electron chi connectivity index (χ4n) is 3.78. The van der Waals surface area contributed by atoms with Gasteiger partial charge in [0.2, 0.25) is 0 Å². The number of hydrogen-bond acceptors (Lipinski definition) is 3. The summed E-state index contributed by atoms with van der Waals surface area (Å²) in [5.74, 6) is -0.453. The summed E-state index contributed by atoms with van der Waals surface area (Å²) in [5, 5.41) is 0. The topological polar surface area (TPSA) is 61.8 Å². The molecule has 5 rings (SSSR count). The molecule has 29 heavy (non-hydrogen) atoms. The molecule has 7 heteroatoms. The van der Waals surface area contributed by atoms with Gasteiger partial charge in [-0.25, -0.2) is 18.7 Å². The van der Waals surface area contributed by atoms with E-state index in [2.05, 4.69) is 4.98 Å². The summed E-state index contributed by atoms with van der Waals surface area (Å²) in [6, 6.07) is 13.7. The number of aryl methyl sites for hydroxylation is 1. The number of fused-ring (bicyclic) bond motifs is 1. The van der Waals surface area contributed by atoms with Gasteiger partial charge >= 0.3 is 5.69 Å². The van der Waals surface area contributed by atoms with E-state index in [1.165, 1.54) is 21.3 Å². The molecule has 0 saturated heterocycles. The van der Waals surface area contributed by atoms with Crippen LogP contribution in [0.15, 0.2) is 64.4 Å². The second-order valence-corrected chi connectivity index (χ2v) is 7.54. The molecule has 1 aliphatic rings. The fourth-order valence-corrected chi connectivity index (χ4v) is 3.78. The lowest BCUT2D eigenvalue weighted by Gasteiger charge is -2.12. The van der Waals surface area contributed by atoms with Crippen LogP contribution in [0.3, 0.4) is 0 Å². The lowest BCUT2D eigenvalue weighted by Crippen LogP contribution is -2.39. The highest BCUT2D eigenvalue weighted by Crippen LogP contribution is 2.32. The zero-order valence-corrected chi connectivity index (χ0v) is 15.9. The van der Waals surface area contributed by atoms with Crippen molar-refractivity contribution in [2.75, 3.05) is 0 Å². The fraction of sp³-hybridized carbons (Fsp3) is 0.227. The van der Waals surface area contributed by atoms with Gasteiger partial charge < -0.3 is 4.57 Å². The Kier molecular flexibility index (Phi) is 3.97. The number of benzene rings is 2. The van der Waals surface area contributed by atoms with Gasteiger partial charge in [0.1, 0.15) is 5.82 Å². The minimum atomic E-state index is -0.476. The molecule has 0 N–H and O–H groups in total. The summed E-state index contributed by atoms with van der Waals surface area (Å²) in [6.07, 6.45) is 3.15. The van der Waals surface area contributed by atoms with Gasteiger partial charge in [0.15, 0.2) is 11.2 Å². The van der Waals surface area contributed by atoms with Crippen molar-refractivity contribution in [2.24, 2.45) is 0 Å². The predicted octanol–water partition coefficient (Wildman–Crippen LogP) is 3.18. The molecule has 0 bridgehead atoms. The maximum atomic E-state index is 13.9. The molecule has 2 aromatic heterocycles. The monoisotopic (exact) mass is 390 g/mol. The van der Waals surface area contributed by atoms with Crippen LogP contribution in [0.5, 0.6) is 0 Å². The van der Waals surface area contributed by atoms with Crippen LogP contribution in [-0.4, -0.2) is 18.7 Å². The summed E-state index contributed by atoms with van der Waals surface area (Å²) >= 11 is 0. The summed E-state index contributed by atoms with van der Waals surface area (Å²) in [7, 11) is 0. The van der Waals surface area contributed by atoms with Crippen molar-refractivity contribution in [3.8, 4) is 5.69 Å². The van der Waals surface area contributed by atoms with Crippen LogP contribution in [0.25, 0.3) is 16.9 Å². The number of halogens is 1. The van der Waals surface area contributed by atoms with Crippen molar-refractivity contribution >= 4 is 11.2 Å². The van der Waals surface area contributed by atoms with Crippen LogP contribution in [-0.2, 0) is 6.54 Å². The van der Waals surface area contributed by atoms with Crippen LogP contribution in [0.2, 0.25) is 0 Å². The molecule has 0 unspecified atom stereocenters. The van der Waals surface area contributed by atoms with Gasteiger partial charge in [-0.1, -0.05) is 35.9 Å². The number of aromatic nitrogens is 4. The third-order valence-corrected chi connectivity index (χ3v) is 5.26. The minimum Gasteiger partial charge on any atom is -0.320 e. The molecule has 1 saturated carbocycles. The van der Waals surface area contributed by atoms with Gasteiger partial charge in [-0.2, -0.15) is 0 Å². The van der Waals surface area contributed by atoms with E-state index in [1.807, 2.05) is 31.2 Å². The van der Waals surface area contributed by atoms with E-state index in [9.17, 15) is 14.0 Å². The van der Waals surface area contributed by atoms with E-state index in [0.717, 1.165) is 24.0 Å². The summed E-state index contributed by atoms with van der Waals surface area (Å²) in [6.45, 7) is 2.47. The van der Waals surface area contributed by atoms with Crippen LogP contribution in [0.4, 0.5) is 4.39 Å². The third-order valence-electron chi connectivity index (χ3n) is 5.26. The molecule has 0 amide bonds. The van der Waals surface area contributed by atoms with Crippen LogP contribution in [0, 0.1) is 12.7 Å². The van der Waals surface area contributed by atoms with Crippen LogP contribution >= 0.6 is 0 Å². The standard InChI is InChI=1S/C22H19FN4O2/c1-14-4-2-5-15(10-14)12-25-13-24-20-19(25)21(28)27(17-8-9-17)22(29)26(20)18-7-3-6-16(23)11-18/h2-7,10-11,13,17H,8-9,12H2,1H3. The predicted molar refractivity (Wildman–Crippen MR) is 108 cm³/mol. The molecular weight excluding hydrogens is 371 g/mol. The average molecular weight is 390 g/mol. The van der Waals surface area contributed by atoms with E-state index in [4.69, 9.17) is 0 Å². The summed E-state index contributed by atoms with van der Waals surface area (Å²) in [4.78, 5) is 30.8. The number of imidazole rings is 1. The Balaban J connectivity index is 1.78. The summed E-state index contributed by atoms with van der Waals surface area (Å²) in [5.41, 5.74) is 2.29. The zero-order chi connectivity index (χ0) is 20.1. The van der Waals surface area contributed by atoms with Crippen LogP contribution in [0.1, 0.15) is 30.0 Å². The first-order chi connectivity index (χ1) is 14.0. The highest BCUT2D eigenvalue weighted by molar-refractivity contribution is 5.72. The first-order valence-electron chi connectivity index (χ1n) is 9.57. The molecule has 146 valence electrons. The Morgan fingerprint density at radius 1 is 1.10 bits per heavy atom. The number of nitrogens with zero attached hydrogens (tertiary/aromatic N) is 4. The van der Waals surface area contributed by atoms with E-state index in [-0.39, 0.29) is 17.2 Å². The first kappa shape index (κ1) is 17.6. The maximum Gasteiger partial charge on any atom is 0.337 e. The highest BCUT2D eigenvalue weighted by atomic mass is 19.1. The maximum absolute atomic E-state index is 13.9. The largest absolute Gasteiger partial charge is 0.337 e. The van der Waals surface area contributed by atoms with Crippen molar-refractivity contribution in [1.29, 1.82) is 0 Å². The molecule has 0 spiro atoms. The molecule has 6 nitrogen and oxygen atoms in total. The second-order valence-electron chi connectivity index (χ2n) is 7.54. The smallest absolute Gasteiger partial charge is 0.320 e. The van der Waals surface area contributed by atoms with Gasteiger partial charge in [0, 0.05) is 12.6 Å². The summed E-state index contributed by atoms with van der Waals surface area (Å²) < 4.78 is 18.3. The molecule has 1 aliphatic carbocycles. The average Bonchev–Trinajstić information content (AvgIpc) is 3.43. The first-order valence-corrected chi connectivity index (χ1v) is 9.57. The number of hydrogen-bond donors (Lipinski definition) is 0. The van der Waals surface area contributed by atoms with Crippen LogP contribution < -0.4 is 11.2 Å². The van der Waals surface area contributed by atoms with Gasteiger partial charge in [-0.15, -0.1) is 0 Å². The van der Waals surface area contributed by atoms with Crippen molar-refractivity contribution in [3.63, 3.8) is 0 Å².